The normalized spacial score (nSPS) is 16.3. The predicted octanol–water partition coefficient (Wildman–Crippen LogP) is 3.95. The molecule has 0 saturated carbocycles. The second kappa shape index (κ2) is 8.86. The Balaban J connectivity index is 1.44. The van der Waals surface area contributed by atoms with Gasteiger partial charge in [0.25, 0.3) is 0 Å². The number of hydrogen-bond acceptors (Lipinski definition) is 3. The first-order valence-electron chi connectivity index (χ1n) is 9.31. The zero-order valence-electron chi connectivity index (χ0n) is 15.3. The lowest BCUT2D eigenvalue weighted by molar-refractivity contribution is 0.0456. The van der Waals surface area contributed by atoms with Crippen LogP contribution in [-0.4, -0.2) is 35.3 Å². The number of aliphatic hydroxyl groups is 1. The van der Waals surface area contributed by atoms with Gasteiger partial charge in [0.1, 0.15) is 6.61 Å². The standard InChI is InChI=1S/C22H27NO3/c1-17-7-5-6-10-20(17)15-21(24)19-11-13-23(14-12-19)22(25)26-16-18-8-3-2-4-9-18/h2-10,19,21,24H,11-16H2,1H3/t21-/m0/s1. The maximum Gasteiger partial charge on any atom is 0.410 e. The van der Waals surface area contributed by atoms with Gasteiger partial charge in [-0.05, 0) is 48.8 Å². The van der Waals surface area contributed by atoms with Gasteiger partial charge in [0, 0.05) is 13.1 Å². The van der Waals surface area contributed by atoms with Crippen LogP contribution in [0.4, 0.5) is 4.79 Å². The van der Waals surface area contributed by atoms with E-state index < -0.39 is 0 Å². The van der Waals surface area contributed by atoms with E-state index in [0.717, 1.165) is 18.4 Å². The van der Waals surface area contributed by atoms with Crippen molar-refractivity contribution >= 4 is 6.09 Å². The predicted molar refractivity (Wildman–Crippen MR) is 102 cm³/mol. The molecule has 0 radical (unpaired) electrons. The molecule has 2 aromatic rings. The number of carbonyl (C=O) groups excluding carboxylic acids is 1. The molecule has 2 aromatic carbocycles. The van der Waals surface area contributed by atoms with Crippen molar-refractivity contribution in [3.63, 3.8) is 0 Å². The highest BCUT2D eigenvalue weighted by Crippen LogP contribution is 2.24. The number of carbonyl (C=O) groups is 1. The molecule has 138 valence electrons. The van der Waals surface area contributed by atoms with Crippen molar-refractivity contribution < 1.29 is 14.6 Å². The lowest BCUT2D eigenvalue weighted by atomic mass is 9.87. The third-order valence-electron chi connectivity index (χ3n) is 5.24. The summed E-state index contributed by atoms with van der Waals surface area (Å²) in [7, 11) is 0. The monoisotopic (exact) mass is 353 g/mol. The van der Waals surface area contributed by atoms with Crippen molar-refractivity contribution in [2.45, 2.75) is 38.9 Å². The summed E-state index contributed by atoms with van der Waals surface area (Å²) >= 11 is 0. The van der Waals surface area contributed by atoms with Crippen LogP contribution in [0.1, 0.15) is 29.5 Å². The Kier molecular flexibility index (Phi) is 6.29. The number of amides is 1. The molecule has 1 atom stereocenters. The van der Waals surface area contributed by atoms with Crippen LogP contribution in [-0.2, 0) is 17.8 Å². The minimum atomic E-state index is -0.362. The first kappa shape index (κ1) is 18.5. The molecule has 0 aliphatic carbocycles. The Morgan fingerprint density at radius 3 is 2.46 bits per heavy atom. The maximum absolute atomic E-state index is 12.2. The molecule has 1 aliphatic rings. The van der Waals surface area contributed by atoms with Crippen molar-refractivity contribution in [2.24, 2.45) is 5.92 Å². The first-order valence-corrected chi connectivity index (χ1v) is 9.31. The molecule has 1 N–H and O–H groups in total. The number of rotatable bonds is 5. The molecule has 1 aliphatic heterocycles. The summed E-state index contributed by atoms with van der Waals surface area (Å²) in [6.07, 6.45) is 1.68. The molecular weight excluding hydrogens is 326 g/mol. The molecule has 3 rings (SSSR count). The van der Waals surface area contributed by atoms with E-state index in [2.05, 4.69) is 19.1 Å². The Hall–Kier alpha value is -2.33. The number of ether oxygens (including phenoxy) is 1. The van der Waals surface area contributed by atoms with Gasteiger partial charge in [0.15, 0.2) is 0 Å². The fraction of sp³-hybridized carbons (Fsp3) is 0.409. The van der Waals surface area contributed by atoms with Crippen LogP contribution >= 0.6 is 0 Å². The van der Waals surface area contributed by atoms with E-state index in [1.165, 1.54) is 11.1 Å². The number of likely N-dealkylation sites (tertiary alicyclic amines) is 1. The van der Waals surface area contributed by atoms with Gasteiger partial charge in [0.2, 0.25) is 0 Å². The minimum absolute atomic E-state index is 0.229. The number of nitrogens with zero attached hydrogens (tertiary/aromatic N) is 1. The molecule has 1 heterocycles. The Bertz CT molecular complexity index is 708. The smallest absolute Gasteiger partial charge is 0.410 e. The fourth-order valence-electron chi connectivity index (χ4n) is 3.51. The summed E-state index contributed by atoms with van der Waals surface area (Å²) in [4.78, 5) is 14.0. The summed E-state index contributed by atoms with van der Waals surface area (Å²) in [6.45, 7) is 3.66. The molecule has 26 heavy (non-hydrogen) atoms. The molecular formula is C22H27NO3. The number of hydrogen-bond donors (Lipinski definition) is 1. The van der Waals surface area contributed by atoms with E-state index in [4.69, 9.17) is 4.74 Å². The number of piperidine rings is 1. The van der Waals surface area contributed by atoms with Crippen LogP contribution in [0.15, 0.2) is 54.6 Å². The summed E-state index contributed by atoms with van der Waals surface area (Å²) in [5.41, 5.74) is 3.41. The highest BCUT2D eigenvalue weighted by molar-refractivity contribution is 5.67. The van der Waals surface area contributed by atoms with Gasteiger partial charge in [-0.3, -0.25) is 0 Å². The van der Waals surface area contributed by atoms with E-state index >= 15 is 0 Å². The second-order valence-electron chi connectivity index (χ2n) is 7.06. The fourth-order valence-corrected chi connectivity index (χ4v) is 3.51. The van der Waals surface area contributed by atoms with Crippen LogP contribution in [0.3, 0.4) is 0 Å². The Morgan fingerprint density at radius 2 is 1.77 bits per heavy atom. The van der Waals surface area contributed by atoms with Crippen LogP contribution in [0.2, 0.25) is 0 Å². The largest absolute Gasteiger partial charge is 0.445 e. The zero-order chi connectivity index (χ0) is 18.4. The molecule has 1 saturated heterocycles. The second-order valence-corrected chi connectivity index (χ2v) is 7.06. The average Bonchev–Trinajstić information content (AvgIpc) is 2.69. The van der Waals surface area contributed by atoms with Gasteiger partial charge in [-0.2, -0.15) is 0 Å². The lowest BCUT2D eigenvalue weighted by Crippen LogP contribution is -2.41. The van der Waals surface area contributed by atoms with Crippen molar-refractivity contribution in [2.75, 3.05) is 13.1 Å². The Labute approximate surface area is 155 Å². The molecule has 0 unspecified atom stereocenters. The van der Waals surface area contributed by atoms with Gasteiger partial charge in [-0.15, -0.1) is 0 Å². The van der Waals surface area contributed by atoms with Crippen molar-refractivity contribution in [1.82, 2.24) is 4.90 Å². The number of aliphatic hydroxyl groups excluding tert-OH is 1. The van der Waals surface area contributed by atoms with Gasteiger partial charge in [-0.25, -0.2) is 4.79 Å². The van der Waals surface area contributed by atoms with Crippen molar-refractivity contribution in [3.05, 3.63) is 71.3 Å². The zero-order valence-corrected chi connectivity index (χ0v) is 15.3. The topological polar surface area (TPSA) is 49.8 Å². The molecule has 0 bridgehead atoms. The van der Waals surface area contributed by atoms with Crippen LogP contribution in [0.5, 0.6) is 0 Å². The molecule has 0 aromatic heterocycles. The highest BCUT2D eigenvalue weighted by Gasteiger charge is 2.28. The molecule has 1 fully saturated rings. The molecule has 4 heteroatoms. The molecule has 1 amide bonds. The minimum Gasteiger partial charge on any atom is -0.445 e. The van der Waals surface area contributed by atoms with E-state index in [-0.39, 0.29) is 18.1 Å². The number of aryl methyl sites for hydroxylation is 1. The van der Waals surface area contributed by atoms with Crippen LogP contribution < -0.4 is 0 Å². The van der Waals surface area contributed by atoms with Gasteiger partial charge < -0.3 is 14.7 Å². The van der Waals surface area contributed by atoms with Gasteiger partial charge in [-0.1, -0.05) is 54.6 Å². The average molecular weight is 353 g/mol. The third kappa shape index (κ3) is 4.85. The van der Waals surface area contributed by atoms with Gasteiger partial charge in [0.05, 0.1) is 6.10 Å². The SMILES string of the molecule is Cc1ccccc1C[C@H](O)C1CCN(C(=O)OCc2ccccc2)CC1. The van der Waals surface area contributed by atoms with E-state index in [1.807, 2.05) is 42.5 Å². The van der Waals surface area contributed by atoms with Crippen molar-refractivity contribution in [3.8, 4) is 0 Å². The molecule has 0 spiro atoms. The molecule has 4 nitrogen and oxygen atoms in total. The Morgan fingerprint density at radius 1 is 1.12 bits per heavy atom. The number of benzene rings is 2. The van der Waals surface area contributed by atoms with Crippen LogP contribution in [0.25, 0.3) is 0 Å². The first-order chi connectivity index (χ1) is 12.6. The van der Waals surface area contributed by atoms with Crippen LogP contribution in [0, 0.1) is 12.8 Å². The van der Waals surface area contributed by atoms with Crippen molar-refractivity contribution in [1.29, 1.82) is 0 Å². The quantitative estimate of drug-likeness (QED) is 0.885. The summed E-state index contributed by atoms with van der Waals surface area (Å²) < 4.78 is 5.40. The van der Waals surface area contributed by atoms with Gasteiger partial charge >= 0.3 is 6.09 Å². The lowest BCUT2D eigenvalue weighted by Gasteiger charge is -2.33. The highest BCUT2D eigenvalue weighted by atomic mass is 16.6. The summed E-state index contributed by atoms with van der Waals surface area (Å²) in [6, 6.07) is 17.9. The summed E-state index contributed by atoms with van der Waals surface area (Å²) in [5.74, 6) is 0.229. The summed E-state index contributed by atoms with van der Waals surface area (Å²) in [5, 5.41) is 10.6. The van der Waals surface area contributed by atoms with E-state index in [0.29, 0.717) is 26.1 Å². The maximum atomic E-state index is 12.2. The van der Waals surface area contributed by atoms with E-state index in [1.54, 1.807) is 4.90 Å². The third-order valence-corrected chi connectivity index (χ3v) is 5.24. The van der Waals surface area contributed by atoms with E-state index in [9.17, 15) is 9.90 Å².